The standard InChI is InChI=1S/C13H7FN4O3/c14-8-1-2-10-9(5-8)13(16-7-15-10)17-4-3-12(19)11(6-17)18(20)21/h1-7H. The summed E-state index contributed by atoms with van der Waals surface area (Å²) < 4.78 is 14.7. The molecule has 0 saturated carbocycles. The highest BCUT2D eigenvalue weighted by Crippen LogP contribution is 2.20. The number of benzene rings is 1. The summed E-state index contributed by atoms with van der Waals surface area (Å²) in [5.74, 6) is -0.225. The van der Waals surface area contributed by atoms with E-state index >= 15 is 0 Å². The molecule has 0 radical (unpaired) electrons. The topological polar surface area (TPSA) is 90.9 Å². The molecule has 1 aromatic carbocycles. The normalized spacial score (nSPS) is 10.7. The average Bonchev–Trinajstić information content (AvgIpc) is 2.47. The predicted octanol–water partition coefficient (Wildman–Crippen LogP) is 1.83. The van der Waals surface area contributed by atoms with E-state index in [4.69, 9.17) is 0 Å². The van der Waals surface area contributed by atoms with E-state index in [0.717, 1.165) is 12.3 Å². The number of nitro groups is 1. The second-order valence-corrected chi connectivity index (χ2v) is 4.22. The van der Waals surface area contributed by atoms with Crippen molar-refractivity contribution in [3.63, 3.8) is 0 Å². The van der Waals surface area contributed by atoms with Gasteiger partial charge in [-0.15, -0.1) is 0 Å². The van der Waals surface area contributed by atoms with Crippen molar-refractivity contribution >= 4 is 16.6 Å². The van der Waals surface area contributed by atoms with Crippen molar-refractivity contribution in [1.29, 1.82) is 0 Å². The molecular formula is C13H7FN4O3. The lowest BCUT2D eigenvalue weighted by Crippen LogP contribution is -2.11. The molecule has 7 nitrogen and oxygen atoms in total. The van der Waals surface area contributed by atoms with Crippen LogP contribution in [0, 0.1) is 15.9 Å². The van der Waals surface area contributed by atoms with E-state index in [9.17, 15) is 19.3 Å². The number of fused-ring (bicyclic) bond motifs is 1. The molecule has 0 aliphatic rings. The summed E-state index contributed by atoms with van der Waals surface area (Å²) in [6.45, 7) is 0. The summed E-state index contributed by atoms with van der Waals surface area (Å²) in [5.41, 5.74) is -0.802. The maximum atomic E-state index is 13.4. The lowest BCUT2D eigenvalue weighted by atomic mass is 10.2. The van der Waals surface area contributed by atoms with Gasteiger partial charge in [-0.3, -0.25) is 14.9 Å². The van der Waals surface area contributed by atoms with Crippen LogP contribution >= 0.6 is 0 Å². The molecule has 104 valence electrons. The van der Waals surface area contributed by atoms with Crippen molar-refractivity contribution in [2.75, 3.05) is 0 Å². The minimum atomic E-state index is -0.775. The van der Waals surface area contributed by atoms with Gasteiger partial charge in [-0.25, -0.2) is 14.4 Å². The Balaban J connectivity index is 2.30. The summed E-state index contributed by atoms with van der Waals surface area (Å²) in [5, 5.41) is 11.2. The zero-order chi connectivity index (χ0) is 15.0. The van der Waals surface area contributed by atoms with Gasteiger partial charge in [0, 0.05) is 17.6 Å². The lowest BCUT2D eigenvalue weighted by Gasteiger charge is -2.08. The maximum absolute atomic E-state index is 13.4. The number of rotatable bonds is 2. The Morgan fingerprint density at radius 3 is 2.81 bits per heavy atom. The molecule has 0 spiro atoms. The zero-order valence-electron chi connectivity index (χ0n) is 10.4. The minimum absolute atomic E-state index is 0.252. The van der Waals surface area contributed by atoms with Gasteiger partial charge in [0.15, 0.2) is 0 Å². The summed E-state index contributed by atoms with van der Waals surface area (Å²) in [6, 6.07) is 5.03. The predicted molar refractivity (Wildman–Crippen MR) is 71.7 cm³/mol. The van der Waals surface area contributed by atoms with Gasteiger partial charge in [-0.2, -0.15) is 0 Å². The van der Waals surface area contributed by atoms with E-state index < -0.39 is 21.9 Å². The molecule has 3 rings (SSSR count). The number of nitrogens with zero attached hydrogens (tertiary/aromatic N) is 4. The second-order valence-electron chi connectivity index (χ2n) is 4.22. The fourth-order valence-electron chi connectivity index (χ4n) is 1.96. The van der Waals surface area contributed by atoms with Crippen LogP contribution in [-0.4, -0.2) is 19.5 Å². The molecule has 0 unspecified atom stereocenters. The number of aromatic nitrogens is 3. The maximum Gasteiger partial charge on any atom is 0.332 e. The van der Waals surface area contributed by atoms with Crippen LogP contribution in [0.2, 0.25) is 0 Å². The fraction of sp³-hybridized carbons (Fsp3) is 0. The minimum Gasteiger partial charge on any atom is -0.301 e. The van der Waals surface area contributed by atoms with Crippen LogP contribution in [-0.2, 0) is 0 Å². The van der Waals surface area contributed by atoms with Crippen LogP contribution in [0.1, 0.15) is 0 Å². The van der Waals surface area contributed by atoms with Gasteiger partial charge in [0.1, 0.15) is 18.0 Å². The highest BCUT2D eigenvalue weighted by Gasteiger charge is 2.14. The van der Waals surface area contributed by atoms with Crippen LogP contribution in [0.25, 0.3) is 16.7 Å². The lowest BCUT2D eigenvalue weighted by molar-refractivity contribution is -0.386. The van der Waals surface area contributed by atoms with Crippen molar-refractivity contribution in [1.82, 2.24) is 14.5 Å². The first-order valence-corrected chi connectivity index (χ1v) is 5.83. The Kier molecular flexibility index (Phi) is 2.90. The van der Waals surface area contributed by atoms with Crippen LogP contribution in [0.4, 0.5) is 10.1 Å². The monoisotopic (exact) mass is 286 g/mol. The third-order valence-electron chi connectivity index (χ3n) is 2.92. The molecule has 0 atom stereocenters. The van der Waals surface area contributed by atoms with Crippen molar-refractivity contribution < 1.29 is 9.31 Å². The van der Waals surface area contributed by atoms with Gasteiger partial charge >= 0.3 is 5.69 Å². The Morgan fingerprint density at radius 2 is 2.05 bits per heavy atom. The summed E-state index contributed by atoms with van der Waals surface area (Å²) >= 11 is 0. The second kappa shape index (κ2) is 4.75. The fourth-order valence-corrected chi connectivity index (χ4v) is 1.96. The molecule has 3 aromatic rings. The molecule has 0 amide bonds. The first-order chi connectivity index (χ1) is 10.1. The van der Waals surface area contributed by atoms with Crippen LogP contribution in [0.3, 0.4) is 0 Å². The SMILES string of the molecule is O=c1ccn(-c2ncnc3ccc(F)cc23)cc1[N+](=O)[O-]. The van der Waals surface area contributed by atoms with Gasteiger partial charge < -0.3 is 4.57 Å². The van der Waals surface area contributed by atoms with Crippen molar-refractivity contribution in [3.8, 4) is 5.82 Å². The molecule has 0 saturated heterocycles. The third kappa shape index (κ3) is 2.22. The number of halogens is 1. The largest absolute Gasteiger partial charge is 0.332 e. The van der Waals surface area contributed by atoms with E-state index in [2.05, 4.69) is 9.97 Å². The smallest absolute Gasteiger partial charge is 0.301 e. The van der Waals surface area contributed by atoms with Gasteiger partial charge in [0.25, 0.3) is 5.43 Å². The summed E-state index contributed by atoms with van der Waals surface area (Å²) in [6.07, 6.45) is 3.65. The summed E-state index contributed by atoms with van der Waals surface area (Å²) in [4.78, 5) is 29.5. The quantitative estimate of drug-likeness (QED) is 0.529. The Labute approximate surface area is 116 Å². The highest BCUT2D eigenvalue weighted by molar-refractivity contribution is 5.85. The van der Waals surface area contributed by atoms with Gasteiger partial charge in [0.2, 0.25) is 0 Å². The van der Waals surface area contributed by atoms with E-state index in [-0.39, 0.29) is 5.82 Å². The molecule has 2 heterocycles. The Hall–Kier alpha value is -3.16. The highest BCUT2D eigenvalue weighted by atomic mass is 19.1. The Bertz CT molecular complexity index is 923. The van der Waals surface area contributed by atoms with Crippen LogP contribution < -0.4 is 5.43 Å². The van der Waals surface area contributed by atoms with Crippen LogP contribution in [0.5, 0.6) is 0 Å². The van der Waals surface area contributed by atoms with E-state index in [1.807, 2.05) is 0 Å². The number of hydrogen-bond donors (Lipinski definition) is 0. The molecular weight excluding hydrogens is 279 g/mol. The van der Waals surface area contributed by atoms with E-state index in [1.165, 1.54) is 35.3 Å². The number of hydrogen-bond acceptors (Lipinski definition) is 5. The molecule has 0 N–H and O–H groups in total. The number of pyridine rings is 1. The Morgan fingerprint density at radius 1 is 1.24 bits per heavy atom. The molecule has 0 fully saturated rings. The van der Waals surface area contributed by atoms with Crippen molar-refractivity contribution in [2.24, 2.45) is 0 Å². The van der Waals surface area contributed by atoms with Gasteiger partial charge in [0.05, 0.1) is 16.6 Å². The van der Waals surface area contributed by atoms with E-state index in [1.54, 1.807) is 0 Å². The molecule has 0 bridgehead atoms. The van der Waals surface area contributed by atoms with Crippen molar-refractivity contribution in [2.45, 2.75) is 0 Å². The molecule has 21 heavy (non-hydrogen) atoms. The van der Waals surface area contributed by atoms with E-state index in [0.29, 0.717) is 10.9 Å². The van der Waals surface area contributed by atoms with Gasteiger partial charge in [-0.05, 0) is 18.2 Å². The average molecular weight is 286 g/mol. The first kappa shape index (κ1) is 12.9. The third-order valence-corrected chi connectivity index (χ3v) is 2.92. The van der Waals surface area contributed by atoms with Crippen molar-refractivity contribution in [3.05, 3.63) is 69.1 Å². The first-order valence-electron chi connectivity index (χ1n) is 5.83. The molecule has 0 aliphatic carbocycles. The van der Waals surface area contributed by atoms with Gasteiger partial charge in [-0.1, -0.05) is 0 Å². The van der Waals surface area contributed by atoms with Crippen LogP contribution in [0.15, 0.2) is 47.8 Å². The molecule has 2 aromatic heterocycles. The molecule has 0 aliphatic heterocycles. The zero-order valence-corrected chi connectivity index (χ0v) is 10.4. The molecule has 8 heteroatoms. The summed E-state index contributed by atoms with van der Waals surface area (Å²) in [7, 11) is 0.